The third-order valence-corrected chi connectivity index (χ3v) is 5.25. The Morgan fingerprint density at radius 3 is 2.81 bits per heavy atom. The lowest BCUT2D eigenvalue weighted by molar-refractivity contribution is 0.0705. The van der Waals surface area contributed by atoms with Crippen LogP contribution in [-0.4, -0.2) is 55.9 Å². The van der Waals surface area contributed by atoms with Crippen LogP contribution in [0.1, 0.15) is 58.8 Å². The predicted molar refractivity (Wildman–Crippen MR) is 95.0 cm³/mol. The molecule has 138 valence electrons. The molecule has 2 aliphatic heterocycles. The monoisotopic (exact) mass is 356 g/mol. The van der Waals surface area contributed by atoms with E-state index in [1.807, 2.05) is 28.8 Å². The number of hydrogen-bond acceptors (Lipinski definition) is 4. The van der Waals surface area contributed by atoms with Gasteiger partial charge in [-0.1, -0.05) is 0 Å². The van der Waals surface area contributed by atoms with Gasteiger partial charge >= 0.3 is 0 Å². The van der Waals surface area contributed by atoms with E-state index >= 15 is 0 Å². The number of aromatic nitrogens is 4. The first-order valence-corrected chi connectivity index (χ1v) is 9.34. The van der Waals surface area contributed by atoms with Crippen molar-refractivity contribution in [3.8, 4) is 0 Å². The molecule has 0 saturated carbocycles. The summed E-state index contributed by atoms with van der Waals surface area (Å²) in [5.74, 6) is 0.246. The van der Waals surface area contributed by atoms with Crippen molar-refractivity contribution >= 4 is 11.8 Å². The zero-order chi connectivity index (χ0) is 18.1. The molecule has 0 aromatic carbocycles. The zero-order valence-corrected chi connectivity index (χ0v) is 15.0. The molecular formula is C18H24N6O2. The van der Waals surface area contributed by atoms with Crippen molar-refractivity contribution in [3.63, 3.8) is 0 Å². The molecule has 1 saturated heterocycles. The first-order chi connectivity index (χ1) is 12.7. The van der Waals surface area contributed by atoms with E-state index in [0.717, 1.165) is 38.0 Å². The number of fused-ring (bicyclic) bond motifs is 1. The molecule has 1 fully saturated rings. The van der Waals surface area contributed by atoms with Crippen molar-refractivity contribution in [1.29, 1.82) is 0 Å². The number of rotatable bonds is 3. The first kappa shape index (κ1) is 16.8. The predicted octanol–water partition coefficient (Wildman–Crippen LogP) is 1.25. The Hall–Kier alpha value is -2.64. The van der Waals surface area contributed by atoms with Crippen LogP contribution in [-0.2, 0) is 13.1 Å². The minimum atomic E-state index is -0.0413. The maximum absolute atomic E-state index is 12.6. The number of carbonyl (C=O) groups excluding carboxylic acids is 2. The molecule has 0 bridgehead atoms. The van der Waals surface area contributed by atoms with Gasteiger partial charge in [-0.05, 0) is 38.3 Å². The number of hydrogen-bond donors (Lipinski definition) is 1. The highest BCUT2D eigenvalue weighted by Gasteiger charge is 2.28. The SMILES string of the molecule is CCn1ccc(C(=O)N2CCC(c3cc4n(n3)CCCNC4=O)CC2)n1. The van der Waals surface area contributed by atoms with Gasteiger partial charge in [0.2, 0.25) is 0 Å². The van der Waals surface area contributed by atoms with E-state index in [0.29, 0.717) is 36.9 Å². The van der Waals surface area contributed by atoms with Gasteiger partial charge in [-0.15, -0.1) is 0 Å². The molecule has 0 unspecified atom stereocenters. The molecule has 0 spiro atoms. The second-order valence-electron chi connectivity index (χ2n) is 6.91. The largest absolute Gasteiger partial charge is 0.351 e. The van der Waals surface area contributed by atoms with Crippen LogP contribution in [0, 0.1) is 0 Å². The Labute approximate surface area is 152 Å². The zero-order valence-electron chi connectivity index (χ0n) is 15.0. The summed E-state index contributed by atoms with van der Waals surface area (Å²) < 4.78 is 3.59. The Kier molecular flexibility index (Phi) is 4.48. The maximum atomic E-state index is 12.6. The second kappa shape index (κ2) is 6.93. The van der Waals surface area contributed by atoms with Crippen LogP contribution in [0.2, 0.25) is 0 Å². The number of amides is 2. The normalized spacial score (nSPS) is 18.3. The summed E-state index contributed by atoms with van der Waals surface area (Å²) >= 11 is 0. The van der Waals surface area contributed by atoms with Crippen LogP contribution in [0.25, 0.3) is 0 Å². The number of piperidine rings is 1. The molecule has 2 aromatic rings. The summed E-state index contributed by atoms with van der Waals surface area (Å²) in [6.07, 6.45) is 4.46. The third-order valence-electron chi connectivity index (χ3n) is 5.25. The van der Waals surface area contributed by atoms with Crippen LogP contribution >= 0.6 is 0 Å². The lowest BCUT2D eigenvalue weighted by Crippen LogP contribution is -2.38. The second-order valence-corrected chi connectivity index (χ2v) is 6.91. The minimum Gasteiger partial charge on any atom is -0.351 e. The van der Waals surface area contributed by atoms with Crippen molar-refractivity contribution in [2.24, 2.45) is 0 Å². The summed E-state index contributed by atoms with van der Waals surface area (Å²) in [6, 6.07) is 3.70. The third kappa shape index (κ3) is 3.11. The Morgan fingerprint density at radius 1 is 1.27 bits per heavy atom. The van der Waals surface area contributed by atoms with Crippen LogP contribution in [0.15, 0.2) is 18.3 Å². The lowest BCUT2D eigenvalue weighted by atomic mass is 9.93. The van der Waals surface area contributed by atoms with Crippen molar-refractivity contribution in [2.75, 3.05) is 19.6 Å². The highest BCUT2D eigenvalue weighted by Crippen LogP contribution is 2.28. The lowest BCUT2D eigenvalue weighted by Gasteiger charge is -2.30. The first-order valence-electron chi connectivity index (χ1n) is 9.34. The molecule has 4 heterocycles. The summed E-state index contributed by atoms with van der Waals surface area (Å²) in [7, 11) is 0. The van der Waals surface area contributed by atoms with Gasteiger partial charge in [-0.2, -0.15) is 10.2 Å². The fraction of sp³-hybridized carbons (Fsp3) is 0.556. The topological polar surface area (TPSA) is 85.0 Å². The molecule has 26 heavy (non-hydrogen) atoms. The van der Waals surface area contributed by atoms with E-state index in [1.54, 1.807) is 10.7 Å². The van der Waals surface area contributed by atoms with Gasteiger partial charge in [0.15, 0.2) is 0 Å². The van der Waals surface area contributed by atoms with Gasteiger partial charge in [-0.3, -0.25) is 19.0 Å². The number of carbonyl (C=O) groups is 2. The number of nitrogens with one attached hydrogen (secondary N) is 1. The maximum Gasteiger partial charge on any atom is 0.274 e. The summed E-state index contributed by atoms with van der Waals surface area (Å²) in [6.45, 7) is 5.61. The van der Waals surface area contributed by atoms with Gasteiger partial charge in [-0.25, -0.2) is 0 Å². The van der Waals surface area contributed by atoms with E-state index in [4.69, 9.17) is 0 Å². The molecule has 8 heteroatoms. The standard InChI is InChI=1S/C18H24N6O2/c1-2-23-11-6-14(20-23)18(26)22-9-4-13(5-10-22)15-12-16-17(25)19-7-3-8-24(16)21-15/h6,11-13H,2-5,7-10H2,1H3,(H,19,25). The quantitative estimate of drug-likeness (QED) is 0.897. The highest BCUT2D eigenvalue weighted by molar-refractivity contribution is 5.93. The van der Waals surface area contributed by atoms with Gasteiger partial charge in [0.1, 0.15) is 11.4 Å². The Morgan fingerprint density at radius 2 is 2.08 bits per heavy atom. The number of nitrogens with zero attached hydrogens (tertiary/aromatic N) is 5. The van der Waals surface area contributed by atoms with Crippen LogP contribution in [0.5, 0.6) is 0 Å². The van der Waals surface area contributed by atoms with E-state index in [1.165, 1.54) is 0 Å². The average Bonchev–Trinajstić information content (AvgIpc) is 3.28. The van der Waals surface area contributed by atoms with Crippen molar-refractivity contribution < 1.29 is 9.59 Å². The Bertz CT molecular complexity index is 816. The molecule has 0 aliphatic carbocycles. The van der Waals surface area contributed by atoms with E-state index in [2.05, 4.69) is 15.5 Å². The molecule has 2 aliphatic rings. The molecule has 1 N–H and O–H groups in total. The molecule has 0 radical (unpaired) electrons. The fourth-order valence-electron chi connectivity index (χ4n) is 3.70. The molecule has 2 aromatic heterocycles. The van der Waals surface area contributed by atoms with Gasteiger partial charge in [0.05, 0.1) is 5.69 Å². The summed E-state index contributed by atoms with van der Waals surface area (Å²) in [4.78, 5) is 26.6. The highest BCUT2D eigenvalue weighted by atomic mass is 16.2. The molecule has 2 amide bonds. The van der Waals surface area contributed by atoms with E-state index in [9.17, 15) is 9.59 Å². The average molecular weight is 356 g/mol. The smallest absolute Gasteiger partial charge is 0.274 e. The van der Waals surface area contributed by atoms with Crippen molar-refractivity contribution in [3.05, 3.63) is 35.4 Å². The minimum absolute atomic E-state index is 0.00403. The van der Waals surface area contributed by atoms with Gasteiger partial charge in [0, 0.05) is 44.8 Å². The van der Waals surface area contributed by atoms with E-state index in [-0.39, 0.29) is 11.8 Å². The molecular weight excluding hydrogens is 332 g/mol. The summed E-state index contributed by atoms with van der Waals surface area (Å²) in [5, 5.41) is 11.9. The summed E-state index contributed by atoms with van der Waals surface area (Å²) in [5.41, 5.74) is 2.14. The van der Waals surface area contributed by atoms with Crippen molar-refractivity contribution in [1.82, 2.24) is 29.8 Å². The molecule has 0 atom stereocenters. The van der Waals surface area contributed by atoms with Crippen molar-refractivity contribution in [2.45, 2.75) is 45.2 Å². The van der Waals surface area contributed by atoms with Crippen LogP contribution < -0.4 is 5.32 Å². The fourth-order valence-corrected chi connectivity index (χ4v) is 3.70. The van der Waals surface area contributed by atoms with Gasteiger partial charge in [0.25, 0.3) is 11.8 Å². The molecule has 4 rings (SSSR count). The Balaban J connectivity index is 1.41. The van der Waals surface area contributed by atoms with Gasteiger partial charge < -0.3 is 10.2 Å². The number of aryl methyl sites for hydroxylation is 2. The van der Waals surface area contributed by atoms with Crippen LogP contribution in [0.4, 0.5) is 0 Å². The molecule has 8 nitrogen and oxygen atoms in total. The van der Waals surface area contributed by atoms with Crippen LogP contribution in [0.3, 0.4) is 0 Å². The number of likely N-dealkylation sites (tertiary alicyclic amines) is 1. The van der Waals surface area contributed by atoms with E-state index < -0.39 is 0 Å².